The van der Waals surface area contributed by atoms with E-state index in [2.05, 4.69) is 37.3 Å². The van der Waals surface area contributed by atoms with E-state index in [0.29, 0.717) is 29.6 Å². The lowest BCUT2D eigenvalue weighted by molar-refractivity contribution is 0.426. The summed E-state index contributed by atoms with van der Waals surface area (Å²) in [5, 5.41) is 7.37. The van der Waals surface area contributed by atoms with Crippen LogP contribution in [0.15, 0.2) is 47.6 Å². The summed E-state index contributed by atoms with van der Waals surface area (Å²) < 4.78 is 5.62. The minimum atomic E-state index is 0.497. The van der Waals surface area contributed by atoms with Gasteiger partial charge in [-0.1, -0.05) is 12.1 Å². The molecule has 8 nitrogen and oxygen atoms in total. The van der Waals surface area contributed by atoms with Gasteiger partial charge < -0.3 is 9.84 Å². The first-order chi connectivity index (χ1) is 14.2. The summed E-state index contributed by atoms with van der Waals surface area (Å²) in [4.78, 5) is 22.1. The van der Waals surface area contributed by atoms with Crippen molar-refractivity contribution >= 4 is 5.95 Å². The third-order valence-corrected chi connectivity index (χ3v) is 4.60. The van der Waals surface area contributed by atoms with Crippen LogP contribution in [0.1, 0.15) is 29.4 Å². The van der Waals surface area contributed by atoms with Gasteiger partial charge in [-0.25, -0.2) is 9.97 Å². The first-order valence-electron chi connectivity index (χ1n) is 9.40. The molecule has 29 heavy (non-hydrogen) atoms. The fraction of sp³-hybridized carbons (Fsp3) is 0.238. The van der Waals surface area contributed by atoms with E-state index in [9.17, 15) is 0 Å². The van der Waals surface area contributed by atoms with Crippen molar-refractivity contribution in [2.45, 2.75) is 33.7 Å². The predicted octanol–water partition coefficient (Wildman–Crippen LogP) is 3.77. The normalized spacial score (nSPS) is 10.9. The highest BCUT2D eigenvalue weighted by Crippen LogP contribution is 2.33. The molecule has 4 aromatic rings. The highest BCUT2D eigenvalue weighted by atomic mass is 16.5. The number of aryl methyl sites for hydroxylation is 2. The highest BCUT2D eigenvalue weighted by Gasteiger charge is 2.20. The Balaban J connectivity index is 1.75. The maximum Gasteiger partial charge on any atom is 0.223 e. The number of pyridine rings is 1. The molecule has 0 aliphatic heterocycles. The average Bonchev–Trinajstić information content (AvgIpc) is 3.13. The van der Waals surface area contributed by atoms with Gasteiger partial charge in [0, 0.05) is 36.9 Å². The van der Waals surface area contributed by atoms with Crippen LogP contribution in [0.4, 0.5) is 5.95 Å². The van der Waals surface area contributed by atoms with Crippen LogP contribution in [-0.2, 0) is 13.0 Å². The minimum absolute atomic E-state index is 0.497. The Labute approximate surface area is 168 Å². The van der Waals surface area contributed by atoms with Crippen molar-refractivity contribution in [1.82, 2.24) is 30.1 Å². The zero-order chi connectivity index (χ0) is 20.2. The SMILES string of the molecule is CCc1c(C)noc1-c1cnc(NCc2ccncc2)nc1-c1cnc(C)cn1. The summed E-state index contributed by atoms with van der Waals surface area (Å²) in [6.45, 7) is 6.49. The van der Waals surface area contributed by atoms with E-state index in [1.54, 1.807) is 31.0 Å². The van der Waals surface area contributed by atoms with Gasteiger partial charge in [-0.3, -0.25) is 15.0 Å². The lowest BCUT2D eigenvalue weighted by Gasteiger charge is -2.10. The van der Waals surface area contributed by atoms with E-state index in [1.165, 1.54) is 0 Å². The molecule has 0 bridgehead atoms. The fourth-order valence-corrected chi connectivity index (χ4v) is 3.04. The maximum atomic E-state index is 5.62. The summed E-state index contributed by atoms with van der Waals surface area (Å²) in [7, 11) is 0. The van der Waals surface area contributed by atoms with Crippen molar-refractivity contribution < 1.29 is 4.52 Å². The Bertz CT molecular complexity index is 1110. The molecule has 0 radical (unpaired) electrons. The van der Waals surface area contributed by atoms with E-state index in [1.807, 2.05) is 26.0 Å². The van der Waals surface area contributed by atoms with Gasteiger partial charge in [0.15, 0.2) is 5.76 Å². The molecular formula is C21H21N7O. The second-order valence-corrected chi connectivity index (χ2v) is 6.64. The van der Waals surface area contributed by atoms with Gasteiger partial charge >= 0.3 is 0 Å². The van der Waals surface area contributed by atoms with Crippen LogP contribution in [-0.4, -0.2) is 30.1 Å². The third kappa shape index (κ3) is 3.96. The number of aromatic nitrogens is 6. The molecule has 0 unspecified atom stereocenters. The largest absolute Gasteiger partial charge is 0.356 e. The first-order valence-corrected chi connectivity index (χ1v) is 9.40. The Kier molecular flexibility index (Phi) is 5.24. The van der Waals surface area contributed by atoms with Gasteiger partial charge in [-0.2, -0.15) is 0 Å². The topological polar surface area (TPSA) is 103 Å². The molecule has 0 amide bonds. The zero-order valence-corrected chi connectivity index (χ0v) is 16.5. The molecule has 4 heterocycles. The van der Waals surface area contributed by atoms with Gasteiger partial charge in [0.05, 0.1) is 23.1 Å². The van der Waals surface area contributed by atoms with Crippen molar-refractivity contribution in [1.29, 1.82) is 0 Å². The summed E-state index contributed by atoms with van der Waals surface area (Å²) in [5.74, 6) is 1.17. The Hall–Kier alpha value is -3.68. The molecule has 146 valence electrons. The average molecular weight is 387 g/mol. The molecule has 0 aliphatic rings. The number of rotatable bonds is 6. The van der Waals surface area contributed by atoms with Crippen LogP contribution < -0.4 is 5.32 Å². The second kappa shape index (κ2) is 8.14. The maximum absolute atomic E-state index is 5.62. The number of nitrogens with zero attached hydrogens (tertiary/aromatic N) is 6. The lowest BCUT2D eigenvalue weighted by atomic mass is 10.0. The Morgan fingerprint density at radius 2 is 1.83 bits per heavy atom. The molecule has 0 saturated carbocycles. The molecule has 4 rings (SSSR count). The van der Waals surface area contributed by atoms with Crippen molar-refractivity contribution in [3.63, 3.8) is 0 Å². The van der Waals surface area contributed by atoms with E-state index in [0.717, 1.165) is 34.5 Å². The van der Waals surface area contributed by atoms with E-state index < -0.39 is 0 Å². The standard InChI is InChI=1S/C21H21N7O/c1-4-16-14(3)28-29-20(16)17-11-26-21(25-10-15-5-7-22-8-6-15)27-19(17)18-12-23-13(2)9-24-18/h5-9,11-12H,4,10H2,1-3H3,(H,25,26,27). The molecule has 0 saturated heterocycles. The monoisotopic (exact) mass is 387 g/mol. The van der Waals surface area contributed by atoms with Crippen LogP contribution in [0.5, 0.6) is 0 Å². The van der Waals surface area contributed by atoms with Gasteiger partial charge in [-0.15, -0.1) is 0 Å². The number of nitrogens with one attached hydrogen (secondary N) is 1. The van der Waals surface area contributed by atoms with Gasteiger partial charge in [0.2, 0.25) is 5.95 Å². The van der Waals surface area contributed by atoms with Crippen molar-refractivity contribution in [3.05, 3.63) is 65.6 Å². The number of anilines is 1. The first kappa shape index (κ1) is 18.7. The van der Waals surface area contributed by atoms with Crippen LogP contribution in [0, 0.1) is 13.8 Å². The quantitative estimate of drug-likeness (QED) is 0.533. The Morgan fingerprint density at radius 1 is 1.00 bits per heavy atom. The lowest BCUT2D eigenvalue weighted by Crippen LogP contribution is -2.06. The molecule has 4 aromatic heterocycles. The van der Waals surface area contributed by atoms with Crippen molar-refractivity contribution in [3.8, 4) is 22.7 Å². The molecule has 0 aliphatic carbocycles. The second-order valence-electron chi connectivity index (χ2n) is 6.64. The number of hydrogen-bond acceptors (Lipinski definition) is 8. The molecule has 0 atom stereocenters. The summed E-state index contributed by atoms with van der Waals surface area (Å²) in [5.41, 5.74) is 5.87. The summed E-state index contributed by atoms with van der Waals surface area (Å²) >= 11 is 0. The minimum Gasteiger partial charge on any atom is -0.356 e. The van der Waals surface area contributed by atoms with Crippen LogP contribution in [0.25, 0.3) is 22.7 Å². The number of hydrogen-bond donors (Lipinski definition) is 1. The van der Waals surface area contributed by atoms with E-state index in [4.69, 9.17) is 9.51 Å². The van der Waals surface area contributed by atoms with Crippen LogP contribution >= 0.6 is 0 Å². The summed E-state index contributed by atoms with van der Waals surface area (Å²) in [6.07, 6.45) is 9.49. The molecular weight excluding hydrogens is 366 g/mol. The zero-order valence-electron chi connectivity index (χ0n) is 16.5. The third-order valence-electron chi connectivity index (χ3n) is 4.60. The highest BCUT2D eigenvalue weighted by molar-refractivity contribution is 5.78. The van der Waals surface area contributed by atoms with Crippen LogP contribution in [0.2, 0.25) is 0 Å². The van der Waals surface area contributed by atoms with E-state index in [-0.39, 0.29) is 0 Å². The predicted molar refractivity (Wildman–Crippen MR) is 109 cm³/mol. The molecule has 1 N–H and O–H groups in total. The van der Waals surface area contributed by atoms with Crippen molar-refractivity contribution in [2.24, 2.45) is 0 Å². The van der Waals surface area contributed by atoms with Crippen LogP contribution in [0.3, 0.4) is 0 Å². The molecule has 0 fully saturated rings. The van der Waals surface area contributed by atoms with Gasteiger partial charge in [0.25, 0.3) is 0 Å². The van der Waals surface area contributed by atoms with E-state index >= 15 is 0 Å². The van der Waals surface area contributed by atoms with Gasteiger partial charge in [-0.05, 0) is 38.0 Å². The van der Waals surface area contributed by atoms with Gasteiger partial charge in [0.1, 0.15) is 11.4 Å². The molecule has 0 spiro atoms. The smallest absolute Gasteiger partial charge is 0.223 e. The molecule has 0 aromatic carbocycles. The van der Waals surface area contributed by atoms with Crippen molar-refractivity contribution in [2.75, 3.05) is 5.32 Å². The molecule has 8 heteroatoms. The fourth-order valence-electron chi connectivity index (χ4n) is 3.04. The summed E-state index contributed by atoms with van der Waals surface area (Å²) in [6, 6.07) is 3.89. The Morgan fingerprint density at radius 3 is 2.55 bits per heavy atom.